The third-order valence-electron chi connectivity index (χ3n) is 6.63. The van der Waals surface area contributed by atoms with Crippen LogP contribution < -0.4 is 5.32 Å². The lowest BCUT2D eigenvalue weighted by Gasteiger charge is -2.19. The SMILES string of the molecule is CC(C)n1c(CCCc2ccccc2)ccc1C(=O)Nc1cc([C@@H]2C[C@H]2C(=O)O)ccc1C(F)(F)F. The lowest BCUT2D eigenvalue weighted by molar-refractivity contribution is -0.139. The van der Waals surface area contributed by atoms with Gasteiger partial charge in [0.05, 0.1) is 17.2 Å². The van der Waals surface area contributed by atoms with Gasteiger partial charge in [-0.15, -0.1) is 0 Å². The van der Waals surface area contributed by atoms with Crippen molar-refractivity contribution in [2.45, 2.75) is 57.7 Å². The van der Waals surface area contributed by atoms with E-state index >= 15 is 0 Å². The van der Waals surface area contributed by atoms with Crippen molar-refractivity contribution in [3.8, 4) is 0 Å². The second-order valence-corrected chi connectivity index (χ2v) is 9.56. The molecule has 8 heteroatoms. The fourth-order valence-electron chi connectivity index (χ4n) is 4.77. The van der Waals surface area contributed by atoms with Gasteiger partial charge in [0.2, 0.25) is 0 Å². The van der Waals surface area contributed by atoms with E-state index in [1.54, 1.807) is 6.07 Å². The number of carboxylic acids is 1. The van der Waals surface area contributed by atoms with Crippen molar-refractivity contribution in [1.82, 2.24) is 4.57 Å². The highest BCUT2D eigenvalue weighted by Crippen LogP contribution is 2.49. The zero-order valence-corrected chi connectivity index (χ0v) is 20.2. The maximum Gasteiger partial charge on any atom is 0.418 e. The zero-order chi connectivity index (χ0) is 26.0. The number of aliphatic carboxylic acids is 1. The number of aromatic nitrogens is 1. The summed E-state index contributed by atoms with van der Waals surface area (Å²) in [6, 6.07) is 17.0. The summed E-state index contributed by atoms with van der Waals surface area (Å²) in [6.45, 7) is 3.86. The lowest BCUT2D eigenvalue weighted by atomic mass is 10.0. The number of benzene rings is 2. The third kappa shape index (κ3) is 5.64. The third-order valence-corrected chi connectivity index (χ3v) is 6.63. The minimum Gasteiger partial charge on any atom is -0.481 e. The zero-order valence-electron chi connectivity index (χ0n) is 20.2. The van der Waals surface area contributed by atoms with Crippen LogP contribution in [0.15, 0.2) is 60.7 Å². The number of hydrogen-bond acceptors (Lipinski definition) is 2. The molecule has 0 unspecified atom stereocenters. The highest BCUT2D eigenvalue weighted by atomic mass is 19.4. The van der Waals surface area contributed by atoms with Crippen LogP contribution in [0, 0.1) is 5.92 Å². The van der Waals surface area contributed by atoms with Crippen molar-refractivity contribution >= 4 is 17.6 Å². The van der Waals surface area contributed by atoms with Gasteiger partial charge in [-0.25, -0.2) is 0 Å². The Morgan fingerprint density at radius 3 is 2.39 bits per heavy atom. The summed E-state index contributed by atoms with van der Waals surface area (Å²) < 4.78 is 42.9. The number of carbonyl (C=O) groups is 2. The first-order valence-corrected chi connectivity index (χ1v) is 12.1. The maximum atomic E-state index is 13.7. The summed E-state index contributed by atoms with van der Waals surface area (Å²) in [5.41, 5.74) is 1.61. The molecule has 4 rings (SSSR count). The van der Waals surface area contributed by atoms with Crippen LogP contribution in [0.2, 0.25) is 0 Å². The smallest absolute Gasteiger partial charge is 0.418 e. The van der Waals surface area contributed by atoms with Crippen LogP contribution in [0.25, 0.3) is 0 Å². The Hall–Kier alpha value is -3.55. The van der Waals surface area contributed by atoms with E-state index in [0.717, 1.165) is 31.0 Å². The first kappa shape index (κ1) is 25.5. The maximum absolute atomic E-state index is 13.7. The van der Waals surface area contributed by atoms with Gasteiger partial charge in [0.15, 0.2) is 0 Å². The summed E-state index contributed by atoms with van der Waals surface area (Å²) in [7, 11) is 0. The molecule has 0 aliphatic heterocycles. The summed E-state index contributed by atoms with van der Waals surface area (Å²) >= 11 is 0. The van der Waals surface area contributed by atoms with Gasteiger partial charge in [0.1, 0.15) is 5.69 Å². The van der Waals surface area contributed by atoms with Gasteiger partial charge in [-0.1, -0.05) is 36.4 Å². The molecule has 1 aromatic heterocycles. The number of carbonyl (C=O) groups excluding carboxylic acids is 1. The van der Waals surface area contributed by atoms with E-state index < -0.39 is 29.5 Å². The molecular weight excluding hydrogens is 469 g/mol. The summed E-state index contributed by atoms with van der Waals surface area (Å²) in [5, 5.41) is 11.7. The lowest BCUT2D eigenvalue weighted by Crippen LogP contribution is -2.21. The van der Waals surface area contributed by atoms with E-state index in [4.69, 9.17) is 0 Å². The molecule has 0 radical (unpaired) electrons. The van der Waals surface area contributed by atoms with Crippen LogP contribution in [-0.4, -0.2) is 21.6 Å². The average molecular weight is 499 g/mol. The number of alkyl halides is 3. The molecule has 3 aromatic rings. The van der Waals surface area contributed by atoms with Crippen LogP contribution >= 0.6 is 0 Å². The Morgan fingerprint density at radius 2 is 1.78 bits per heavy atom. The Bertz CT molecular complexity index is 1250. The van der Waals surface area contributed by atoms with Crippen LogP contribution in [0.5, 0.6) is 0 Å². The van der Waals surface area contributed by atoms with Gasteiger partial charge in [0, 0.05) is 11.7 Å². The molecule has 1 saturated carbocycles. The number of anilines is 1. The quantitative estimate of drug-likeness (QED) is 0.345. The predicted molar refractivity (Wildman–Crippen MR) is 131 cm³/mol. The second-order valence-electron chi connectivity index (χ2n) is 9.56. The molecule has 1 aliphatic rings. The van der Waals surface area contributed by atoms with Crippen LogP contribution in [0.1, 0.15) is 71.5 Å². The average Bonchev–Trinajstić information content (AvgIpc) is 3.51. The first-order chi connectivity index (χ1) is 17.1. The van der Waals surface area contributed by atoms with E-state index in [-0.39, 0.29) is 23.3 Å². The second kappa shape index (κ2) is 10.2. The molecular formula is C28H29F3N2O3. The molecule has 1 amide bonds. The van der Waals surface area contributed by atoms with E-state index in [1.807, 2.05) is 42.7 Å². The summed E-state index contributed by atoms with van der Waals surface area (Å²) in [4.78, 5) is 24.4. The molecule has 0 bridgehead atoms. The minimum atomic E-state index is -4.67. The molecule has 5 nitrogen and oxygen atoms in total. The van der Waals surface area contributed by atoms with Gasteiger partial charge in [-0.3, -0.25) is 9.59 Å². The Balaban J connectivity index is 1.55. The van der Waals surface area contributed by atoms with Crippen molar-refractivity contribution in [3.05, 3.63) is 88.7 Å². The fraction of sp³-hybridized carbons (Fsp3) is 0.357. The Kier molecular flexibility index (Phi) is 7.24. The van der Waals surface area contributed by atoms with Crippen LogP contribution in [0.4, 0.5) is 18.9 Å². The fourth-order valence-corrected chi connectivity index (χ4v) is 4.77. The molecule has 36 heavy (non-hydrogen) atoms. The molecule has 1 aliphatic carbocycles. The number of rotatable bonds is 9. The van der Waals surface area contributed by atoms with Gasteiger partial charge in [-0.05, 0) is 80.8 Å². The first-order valence-electron chi connectivity index (χ1n) is 12.1. The van der Waals surface area contributed by atoms with Gasteiger partial charge in [-0.2, -0.15) is 13.2 Å². The number of aryl methyl sites for hydroxylation is 2. The number of nitrogens with one attached hydrogen (secondary N) is 1. The van der Waals surface area contributed by atoms with Crippen molar-refractivity contribution < 1.29 is 27.9 Å². The molecule has 1 heterocycles. The molecule has 190 valence electrons. The standard InChI is InChI=1S/C28H29F3N2O3/c1-17(2)33-20(10-6-9-18-7-4-3-5-8-18)12-14-25(33)26(34)32-24-15-19(21-16-22(21)27(35)36)11-13-23(24)28(29,30)31/h3-5,7-8,11-15,17,21-22H,6,9-10,16H2,1-2H3,(H,32,34)(H,35,36)/t21-,22+/m0/s1. The number of carboxylic acid groups (broad SMARTS) is 1. The van der Waals surface area contributed by atoms with Crippen molar-refractivity contribution in [2.24, 2.45) is 5.92 Å². The molecule has 2 atom stereocenters. The minimum absolute atomic E-state index is 0.0660. The number of hydrogen-bond donors (Lipinski definition) is 2. The van der Waals surface area contributed by atoms with Gasteiger partial charge < -0.3 is 15.0 Å². The van der Waals surface area contributed by atoms with E-state index in [1.165, 1.54) is 17.7 Å². The van der Waals surface area contributed by atoms with Gasteiger partial charge in [0.25, 0.3) is 5.91 Å². The number of halogens is 3. The summed E-state index contributed by atoms with van der Waals surface area (Å²) in [5.74, 6) is -2.57. The van der Waals surface area contributed by atoms with Crippen LogP contribution in [-0.2, 0) is 23.8 Å². The van der Waals surface area contributed by atoms with E-state index in [9.17, 15) is 27.9 Å². The van der Waals surface area contributed by atoms with E-state index in [2.05, 4.69) is 17.4 Å². The molecule has 0 saturated heterocycles. The van der Waals surface area contributed by atoms with Crippen LogP contribution in [0.3, 0.4) is 0 Å². The predicted octanol–water partition coefficient (Wildman–Crippen LogP) is 6.70. The molecule has 1 fully saturated rings. The topological polar surface area (TPSA) is 71.3 Å². The van der Waals surface area contributed by atoms with Gasteiger partial charge >= 0.3 is 12.1 Å². The Morgan fingerprint density at radius 1 is 1.06 bits per heavy atom. The highest BCUT2D eigenvalue weighted by Gasteiger charge is 2.45. The van der Waals surface area contributed by atoms with E-state index in [0.29, 0.717) is 12.0 Å². The Labute approximate surface area is 208 Å². The molecule has 0 spiro atoms. The normalized spacial score (nSPS) is 17.3. The van der Waals surface area contributed by atoms with Crippen molar-refractivity contribution in [2.75, 3.05) is 5.32 Å². The number of amides is 1. The van der Waals surface area contributed by atoms with Crippen molar-refractivity contribution in [3.63, 3.8) is 0 Å². The molecule has 2 aromatic carbocycles. The summed E-state index contributed by atoms with van der Waals surface area (Å²) in [6.07, 6.45) is -1.82. The highest BCUT2D eigenvalue weighted by molar-refractivity contribution is 6.04. The number of nitrogens with zero attached hydrogens (tertiary/aromatic N) is 1. The van der Waals surface area contributed by atoms with Crippen molar-refractivity contribution in [1.29, 1.82) is 0 Å². The molecule has 2 N–H and O–H groups in total. The largest absolute Gasteiger partial charge is 0.481 e. The monoisotopic (exact) mass is 498 g/mol.